The second kappa shape index (κ2) is 12.3. The van der Waals surface area contributed by atoms with Crippen molar-refractivity contribution in [2.45, 2.75) is 48.5 Å². The van der Waals surface area contributed by atoms with E-state index in [0.717, 1.165) is 44.1 Å². The summed E-state index contributed by atoms with van der Waals surface area (Å²) in [5, 5.41) is 60.5. The molecule has 43 heavy (non-hydrogen) atoms. The lowest BCUT2D eigenvalue weighted by atomic mass is 9.80. The number of carbonyl (C=O) groups excluding carboxylic acids is 2. The van der Waals surface area contributed by atoms with Gasteiger partial charge in [0.25, 0.3) is 0 Å². The summed E-state index contributed by atoms with van der Waals surface area (Å²) in [6.07, 6.45) is -4.84. The minimum atomic E-state index is -1.54. The van der Waals surface area contributed by atoms with Crippen molar-refractivity contribution >= 4 is 67.8 Å². The average molecular weight is 610 g/mol. The van der Waals surface area contributed by atoms with Crippen LogP contribution in [-0.2, 0) is 19.2 Å². The van der Waals surface area contributed by atoms with E-state index in [1.807, 2.05) is 42.5 Å². The number of fused-ring (bicyclic) bond motifs is 2. The number of amides is 2. The van der Waals surface area contributed by atoms with Crippen molar-refractivity contribution in [3.8, 4) is 0 Å². The van der Waals surface area contributed by atoms with Crippen LogP contribution < -0.4 is 16.4 Å². The van der Waals surface area contributed by atoms with Gasteiger partial charge in [0, 0.05) is 12.2 Å². The summed E-state index contributed by atoms with van der Waals surface area (Å²) in [6.45, 7) is -0.699. The number of hydrogen-bond donors (Lipinski definition) is 8. The standard InChI is InChI=1S/C30H31N3O9S/c31-18(30(41)42)8-9-20(34)33-19(29(40)32-11-21(35)36)12-43-28-24-16-7-6-14-3-1-2-13-4-5-15(23(16)22(13)14)10-17(24)25(37)26(38)27(28)39/h1-7,10,18-19,25-28,37-39H,8-9,11-12,31H2,(H,32,40)(H,33,34)(H,35,36)(H,41,42)/t18-,19-,25+,26-,27-,28-/m0/s1. The summed E-state index contributed by atoms with van der Waals surface area (Å²) < 4.78 is 0. The molecular weight excluding hydrogens is 578 g/mol. The lowest BCUT2D eigenvalue weighted by molar-refractivity contribution is -0.139. The van der Waals surface area contributed by atoms with E-state index in [2.05, 4.69) is 10.6 Å². The van der Waals surface area contributed by atoms with Crippen LogP contribution in [0.15, 0.2) is 48.5 Å². The molecule has 226 valence electrons. The predicted octanol–water partition coefficient (Wildman–Crippen LogP) is 1.00. The molecule has 0 saturated carbocycles. The third kappa shape index (κ3) is 5.94. The van der Waals surface area contributed by atoms with Crippen LogP contribution >= 0.6 is 11.8 Å². The van der Waals surface area contributed by atoms with Crippen molar-refractivity contribution in [1.29, 1.82) is 0 Å². The molecule has 0 aliphatic heterocycles. The molecule has 0 heterocycles. The molecule has 4 aromatic carbocycles. The van der Waals surface area contributed by atoms with Crippen molar-refractivity contribution < 1.29 is 44.7 Å². The highest BCUT2D eigenvalue weighted by molar-refractivity contribution is 7.99. The number of carbonyl (C=O) groups is 4. The molecule has 6 atom stereocenters. The van der Waals surface area contributed by atoms with E-state index in [4.69, 9.17) is 15.9 Å². The predicted molar refractivity (Wildman–Crippen MR) is 160 cm³/mol. The van der Waals surface area contributed by atoms with Gasteiger partial charge >= 0.3 is 11.9 Å². The van der Waals surface area contributed by atoms with E-state index < -0.39 is 65.9 Å². The van der Waals surface area contributed by atoms with E-state index in [1.165, 1.54) is 0 Å². The Morgan fingerprint density at radius 1 is 0.907 bits per heavy atom. The Balaban J connectivity index is 1.49. The summed E-state index contributed by atoms with van der Waals surface area (Å²) in [5.41, 5.74) is 6.49. The van der Waals surface area contributed by atoms with E-state index >= 15 is 0 Å². The van der Waals surface area contributed by atoms with Crippen molar-refractivity contribution in [1.82, 2.24) is 10.6 Å². The first kappa shape index (κ1) is 30.4. The van der Waals surface area contributed by atoms with E-state index in [9.17, 15) is 34.5 Å². The Morgan fingerprint density at radius 3 is 2.26 bits per heavy atom. The van der Waals surface area contributed by atoms with E-state index in [1.54, 1.807) is 6.07 Å². The third-order valence-electron chi connectivity index (χ3n) is 7.82. The molecule has 0 saturated heterocycles. The molecule has 4 aromatic rings. The van der Waals surface area contributed by atoms with E-state index in [-0.39, 0.29) is 18.6 Å². The van der Waals surface area contributed by atoms with Gasteiger partial charge < -0.3 is 41.9 Å². The summed E-state index contributed by atoms with van der Waals surface area (Å²) in [7, 11) is 0. The Hall–Kier alpha value is -4.01. The van der Waals surface area contributed by atoms with Crippen molar-refractivity contribution in [3.63, 3.8) is 0 Å². The molecule has 1 aliphatic rings. The molecule has 0 unspecified atom stereocenters. The number of thioether (sulfide) groups is 1. The van der Waals surface area contributed by atoms with E-state index in [0.29, 0.717) is 11.1 Å². The maximum Gasteiger partial charge on any atom is 0.322 e. The molecule has 1 aliphatic carbocycles. The van der Waals surface area contributed by atoms with Crippen LogP contribution in [0.4, 0.5) is 0 Å². The molecule has 0 bridgehead atoms. The zero-order valence-corrected chi connectivity index (χ0v) is 23.6. The molecule has 0 aromatic heterocycles. The maximum atomic E-state index is 12.9. The highest BCUT2D eigenvalue weighted by atomic mass is 32.2. The fourth-order valence-electron chi connectivity index (χ4n) is 5.66. The highest BCUT2D eigenvalue weighted by Gasteiger charge is 2.42. The van der Waals surface area contributed by atoms with Crippen LogP contribution in [0.25, 0.3) is 32.3 Å². The topological polar surface area (TPSA) is 220 Å². The number of carboxylic acid groups (broad SMARTS) is 2. The lowest BCUT2D eigenvalue weighted by Gasteiger charge is -2.38. The van der Waals surface area contributed by atoms with Crippen LogP contribution in [0.5, 0.6) is 0 Å². The van der Waals surface area contributed by atoms with Crippen molar-refractivity contribution in [3.05, 3.63) is 59.7 Å². The zero-order chi connectivity index (χ0) is 31.0. The Kier molecular flexibility index (Phi) is 8.71. The van der Waals surface area contributed by atoms with Gasteiger partial charge in [-0.1, -0.05) is 42.5 Å². The number of aliphatic carboxylic acids is 2. The van der Waals surface area contributed by atoms with Crippen LogP contribution in [-0.4, -0.2) is 85.9 Å². The first-order valence-corrected chi connectivity index (χ1v) is 14.7. The SMILES string of the molecule is N[C@@H](CCC(=O)N[C@@H](CS[C@H]1c2c(cc3ccc4cccc5ccc2c3c45)[C@@H](O)[C@H](O)[C@@H]1O)C(=O)NCC(=O)O)C(=O)O. The van der Waals surface area contributed by atoms with Gasteiger partial charge in [0.15, 0.2) is 0 Å². The van der Waals surface area contributed by atoms with Crippen LogP contribution in [0.2, 0.25) is 0 Å². The Labute approximate surface area is 249 Å². The fraction of sp³-hybridized carbons (Fsp3) is 0.333. The van der Waals surface area contributed by atoms with Crippen LogP contribution in [0.3, 0.4) is 0 Å². The molecule has 2 amide bonds. The average Bonchev–Trinajstić information content (AvgIpc) is 2.99. The van der Waals surface area contributed by atoms with Crippen molar-refractivity contribution in [2.24, 2.45) is 5.73 Å². The first-order chi connectivity index (χ1) is 20.5. The first-order valence-electron chi connectivity index (χ1n) is 13.6. The van der Waals surface area contributed by atoms with Gasteiger partial charge in [-0.25, -0.2) is 0 Å². The minimum Gasteiger partial charge on any atom is -0.480 e. The molecule has 5 rings (SSSR count). The monoisotopic (exact) mass is 609 g/mol. The second-order valence-electron chi connectivity index (χ2n) is 10.6. The number of nitrogens with one attached hydrogen (secondary N) is 2. The van der Waals surface area contributed by atoms with Crippen LogP contribution in [0, 0.1) is 0 Å². The number of rotatable bonds is 11. The fourth-order valence-corrected chi connectivity index (χ4v) is 7.09. The molecular formula is C30H31N3O9S. The highest BCUT2D eigenvalue weighted by Crippen LogP contribution is 2.50. The quantitative estimate of drug-likeness (QED) is 0.112. The number of nitrogens with two attached hydrogens (primary N) is 1. The summed E-state index contributed by atoms with van der Waals surface area (Å²) >= 11 is 1.06. The summed E-state index contributed by atoms with van der Waals surface area (Å²) in [6, 6.07) is 13.0. The minimum absolute atomic E-state index is 0.145. The van der Waals surface area contributed by atoms with Gasteiger partial charge in [-0.15, -0.1) is 11.8 Å². The second-order valence-corrected chi connectivity index (χ2v) is 11.8. The zero-order valence-electron chi connectivity index (χ0n) is 22.8. The molecule has 0 fully saturated rings. The molecule has 13 heteroatoms. The van der Waals surface area contributed by atoms with Gasteiger partial charge in [-0.05, 0) is 55.9 Å². The van der Waals surface area contributed by atoms with Gasteiger partial charge in [0.05, 0.1) is 11.4 Å². The molecule has 0 spiro atoms. The number of aliphatic hydroxyl groups excluding tert-OH is 3. The lowest BCUT2D eigenvalue weighted by Crippen LogP contribution is -2.50. The number of benzene rings is 4. The van der Waals surface area contributed by atoms with Gasteiger partial charge in [-0.2, -0.15) is 0 Å². The maximum absolute atomic E-state index is 12.9. The van der Waals surface area contributed by atoms with Gasteiger partial charge in [0.1, 0.15) is 30.8 Å². The van der Waals surface area contributed by atoms with Crippen LogP contribution in [0.1, 0.15) is 35.3 Å². The molecule has 12 nitrogen and oxygen atoms in total. The largest absolute Gasteiger partial charge is 0.480 e. The van der Waals surface area contributed by atoms with Crippen molar-refractivity contribution in [2.75, 3.05) is 12.3 Å². The molecule has 0 radical (unpaired) electrons. The number of hydrogen-bond acceptors (Lipinski definition) is 9. The third-order valence-corrected chi connectivity index (χ3v) is 9.21. The van der Waals surface area contributed by atoms with Gasteiger partial charge in [-0.3, -0.25) is 19.2 Å². The summed E-state index contributed by atoms with van der Waals surface area (Å²) in [4.78, 5) is 47.6. The Morgan fingerprint density at radius 2 is 1.58 bits per heavy atom. The normalized spacial score (nSPS) is 21.4. The van der Waals surface area contributed by atoms with Gasteiger partial charge in [0.2, 0.25) is 11.8 Å². The molecule has 9 N–H and O–H groups in total. The number of carboxylic acids is 2. The number of aliphatic hydroxyl groups is 3. The summed E-state index contributed by atoms with van der Waals surface area (Å²) in [5.74, 6) is -4.19. The smallest absolute Gasteiger partial charge is 0.322 e. The Bertz CT molecular complexity index is 1700.